The van der Waals surface area contributed by atoms with Gasteiger partial charge in [0.15, 0.2) is 0 Å². The molecule has 7 heteroatoms. The zero-order chi connectivity index (χ0) is 14.0. The number of carbonyl (C=O) groups is 3. The van der Waals surface area contributed by atoms with Gasteiger partial charge in [-0.05, 0) is 24.6 Å². The molecule has 1 fully saturated rings. The van der Waals surface area contributed by atoms with Crippen LogP contribution in [-0.4, -0.2) is 23.9 Å². The van der Waals surface area contributed by atoms with E-state index in [2.05, 4.69) is 10.1 Å². The second-order valence-electron chi connectivity index (χ2n) is 3.99. The van der Waals surface area contributed by atoms with E-state index in [1.165, 1.54) is 18.2 Å². The molecule has 1 aliphatic heterocycles. The maximum atomic E-state index is 11.9. The van der Waals surface area contributed by atoms with Crippen molar-refractivity contribution in [1.29, 1.82) is 0 Å². The van der Waals surface area contributed by atoms with E-state index in [-0.39, 0.29) is 23.4 Å². The quantitative estimate of drug-likeness (QED) is 0.669. The van der Waals surface area contributed by atoms with Crippen LogP contribution >= 0.6 is 23.2 Å². The molecule has 1 aromatic carbocycles. The van der Waals surface area contributed by atoms with Gasteiger partial charge in [-0.1, -0.05) is 23.2 Å². The van der Waals surface area contributed by atoms with Crippen LogP contribution in [0.5, 0.6) is 0 Å². The van der Waals surface area contributed by atoms with Crippen LogP contribution in [0.2, 0.25) is 10.0 Å². The molecule has 0 aliphatic carbocycles. The third kappa shape index (κ3) is 3.24. The fourth-order valence-corrected chi connectivity index (χ4v) is 1.92. The van der Waals surface area contributed by atoms with Gasteiger partial charge in [-0.25, -0.2) is 4.79 Å². The Morgan fingerprint density at radius 1 is 1.26 bits per heavy atom. The van der Waals surface area contributed by atoms with Crippen molar-refractivity contribution in [2.75, 3.05) is 0 Å². The summed E-state index contributed by atoms with van der Waals surface area (Å²) < 4.78 is 4.44. The summed E-state index contributed by atoms with van der Waals surface area (Å²) in [7, 11) is 0. The number of hydrogen-bond donors (Lipinski definition) is 1. The average Bonchev–Trinajstić information content (AvgIpc) is 2.36. The second kappa shape index (κ2) is 5.59. The Bertz CT molecular complexity index is 559. The van der Waals surface area contributed by atoms with E-state index in [1.54, 1.807) is 0 Å². The lowest BCUT2D eigenvalue weighted by molar-refractivity contribution is -0.165. The highest BCUT2D eigenvalue weighted by molar-refractivity contribution is 6.42. The number of benzene rings is 1. The molecule has 0 unspecified atom stereocenters. The van der Waals surface area contributed by atoms with Crippen LogP contribution in [0.15, 0.2) is 18.2 Å². The first-order valence-electron chi connectivity index (χ1n) is 5.48. The van der Waals surface area contributed by atoms with E-state index in [1.807, 2.05) is 0 Å². The van der Waals surface area contributed by atoms with Crippen molar-refractivity contribution in [1.82, 2.24) is 5.32 Å². The van der Waals surface area contributed by atoms with Gasteiger partial charge in [-0.15, -0.1) is 0 Å². The molecule has 0 spiro atoms. The van der Waals surface area contributed by atoms with Crippen LogP contribution in [-0.2, 0) is 14.3 Å². The first kappa shape index (κ1) is 13.8. The summed E-state index contributed by atoms with van der Waals surface area (Å²) in [5.41, 5.74) is 0.277. The van der Waals surface area contributed by atoms with E-state index in [0.717, 1.165) is 0 Å². The normalized spacial score (nSPS) is 18.9. The summed E-state index contributed by atoms with van der Waals surface area (Å²) in [5.74, 6) is -1.80. The highest BCUT2D eigenvalue weighted by Gasteiger charge is 2.30. The Hall–Kier alpha value is -1.59. The molecule has 19 heavy (non-hydrogen) atoms. The summed E-state index contributed by atoms with van der Waals surface area (Å²) in [6.07, 6.45) is 0.322. The van der Waals surface area contributed by atoms with Crippen LogP contribution in [0.3, 0.4) is 0 Å². The van der Waals surface area contributed by atoms with Crippen molar-refractivity contribution in [3.63, 3.8) is 0 Å². The molecule has 0 saturated carbocycles. The van der Waals surface area contributed by atoms with Crippen molar-refractivity contribution in [3.8, 4) is 0 Å². The number of esters is 2. The lowest BCUT2D eigenvalue weighted by atomic mass is 10.1. The van der Waals surface area contributed by atoms with E-state index >= 15 is 0 Å². The van der Waals surface area contributed by atoms with Crippen LogP contribution in [0.1, 0.15) is 23.2 Å². The van der Waals surface area contributed by atoms with Crippen molar-refractivity contribution < 1.29 is 19.1 Å². The maximum absolute atomic E-state index is 11.9. The van der Waals surface area contributed by atoms with Gasteiger partial charge in [0.1, 0.15) is 6.04 Å². The van der Waals surface area contributed by atoms with Gasteiger partial charge in [0.25, 0.3) is 5.91 Å². The molecule has 100 valence electrons. The van der Waals surface area contributed by atoms with Crippen LogP contribution in [0.4, 0.5) is 0 Å². The van der Waals surface area contributed by atoms with E-state index < -0.39 is 23.9 Å². The minimum absolute atomic E-state index is 0.0953. The molecular weight excluding hydrogens is 293 g/mol. The number of nitrogens with one attached hydrogen (secondary N) is 1. The Morgan fingerprint density at radius 2 is 2.00 bits per heavy atom. The van der Waals surface area contributed by atoms with E-state index in [4.69, 9.17) is 23.2 Å². The first-order valence-corrected chi connectivity index (χ1v) is 6.23. The molecule has 0 bridgehead atoms. The van der Waals surface area contributed by atoms with Gasteiger partial charge < -0.3 is 10.1 Å². The molecule has 1 N–H and O–H groups in total. The SMILES string of the molecule is O=C1CC[C@H](NC(=O)c2ccc(Cl)c(Cl)c2)C(=O)O1. The van der Waals surface area contributed by atoms with Gasteiger partial charge in [0.05, 0.1) is 10.0 Å². The smallest absolute Gasteiger partial charge is 0.336 e. The number of ether oxygens (including phenoxy) is 1. The average molecular weight is 302 g/mol. The minimum atomic E-state index is -0.820. The lowest BCUT2D eigenvalue weighted by Gasteiger charge is -2.20. The molecule has 0 radical (unpaired) electrons. The Kier molecular flexibility index (Phi) is 4.07. The molecule has 5 nitrogen and oxygen atoms in total. The zero-order valence-electron chi connectivity index (χ0n) is 9.61. The van der Waals surface area contributed by atoms with Crippen LogP contribution in [0.25, 0.3) is 0 Å². The third-order valence-electron chi connectivity index (χ3n) is 2.62. The molecular formula is C12H9Cl2NO4. The van der Waals surface area contributed by atoms with Gasteiger partial charge >= 0.3 is 11.9 Å². The predicted molar refractivity (Wildman–Crippen MR) is 68.0 cm³/mol. The van der Waals surface area contributed by atoms with Gasteiger partial charge in [0, 0.05) is 12.0 Å². The number of halogens is 2. The molecule has 1 heterocycles. The van der Waals surface area contributed by atoms with Gasteiger partial charge in [-0.3, -0.25) is 9.59 Å². The summed E-state index contributed by atoms with van der Waals surface area (Å²) >= 11 is 11.5. The van der Waals surface area contributed by atoms with Crippen LogP contribution in [0, 0.1) is 0 Å². The Labute approximate surface area is 118 Å². The van der Waals surface area contributed by atoms with E-state index in [0.29, 0.717) is 5.02 Å². The summed E-state index contributed by atoms with van der Waals surface area (Å²) in [5, 5.41) is 3.06. The second-order valence-corrected chi connectivity index (χ2v) is 4.80. The molecule has 1 aliphatic rings. The van der Waals surface area contributed by atoms with Crippen molar-refractivity contribution in [3.05, 3.63) is 33.8 Å². The number of rotatable bonds is 2. The van der Waals surface area contributed by atoms with E-state index in [9.17, 15) is 14.4 Å². The molecule has 1 amide bonds. The third-order valence-corrected chi connectivity index (χ3v) is 3.36. The Balaban J connectivity index is 2.06. The molecule has 0 aromatic heterocycles. The number of cyclic esters (lactones) is 2. The van der Waals surface area contributed by atoms with Crippen molar-refractivity contribution in [2.24, 2.45) is 0 Å². The molecule has 1 atom stereocenters. The zero-order valence-corrected chi connectivity index (χ0v) is 11.1. The summed E-state index contributed by atoms with van der Waals surface area (Å²) in [6, 6.07) is 3.56. The predicted octanol–water partition coefficient (Wildman–Crippen LogP) is 1.96. The minimum Gasteiger partial charge on any atom is -0.392 e. The standard InChI is InChI=1S/C12H9Cl2NO4/c13-7-2-1-6(5-8(7)14)11(17)15-9-3-4-10(16)19-12(9)18/h1-2,5,9H,3-4H2,(H,15,17)/t9-/m0/s1. The number of hydrogen-bond acceptors (Lipinski definition) is 4. The topological polar surface area (TPSA) is 72.5 Å². The van der Waals surface area contributed by atoms with Gasteiger partial charge in [-0.2, -0.15) is 0 Å². The highest BCUT2D eigenvalue weighted by Crippen LogP contribution is 2.22. The summed E-state index contributed by atoms with van der Waals surface area (Å²) in [6.45, 7) is 0. The first-order chi connectivity index (χ1) is 8.97. The highest BCUT2D eigenvalue weighted by atomic mass is 35.5. The Morgan fingerprint density at radius 3 is 2.63 bits per heavy atom. The monoisotopic (exact) mass is 301 g/mol. The van der Waals surface area contributed by atoms with Gasteiger partial charge in [0.2, 0.25) is 0 Å². The number of carbonyl (C=O) groups excluding carboxylic acids is 3. The lowest BCUT2D eigenvalue weighted by Crippen LogP contribution is -2.45. The fraction of sp³-hybridized carbons (Fsp3) is 0.250. The largest absolute Gasteiger partial charge is 0.392 e. The van der Waals surface area contributed by atoms with Crippen molar-refractivity contribution >= 4 is 41.0 Å². The maximum Gasteiger partial charge on any atom is 0.336 e. The summed E-state index contributed by atoms with van der Waals surface area (Å²) in [4.78, 5) is 34.2. The molecule has 1 saturated heterocycles. The van der Waals surface area contributed by atoms with Crippen molar-refractivity contribution in [2.45, 2.75) is 18.9 Å². The number of amides is 1. The van der Waals surface area contributed by atoms with Crippen LogP contribution < -0.4 is 5.32 Å². The molecule has 1 aromatic rings. The fourth-order valence-electron chi connectivity index (χ4n) is 1.62. The molecule has 2 rings (SSSR count).